The molecule has 1 aromatic rings. The van der Waals surface area contributed by atoms with Gasteiger partial charge in [0.1, 0.15) is 0 Å². The van der Waals surface area contributed by atoms with E-state index in [-0.39, 0.29) is 23.1 Å². The summed E-state index contributed by atoms with van der Waals surface area (Å²) in [5.41, 5.74) is 4.11. The van der Waals surface area contributed by atoms with Gasteiger partial charge in [0.25, 0.3) is 0 Å². The van der Waals surface area contributed by atoms with E-state index >= 15 is 0 Å². The van der Waals surface area contributed by atoms with E-state index in [1.807, 2.05) is 25.3 Å². The molecule has 1 atom stereocenters. The van der Waals surface area contributed by atoms with Gasteiger partial charge < -0.3 is 10.1 Å². The first-order valence-electron chi connectivity index (χ1n) is 8.70. The van der Waals surface area contributed by atoms with Gasteiger partial charge >= 0.3 is 5.97 Å². The van der Waals surface area contributed by atoms with Crippen LogP contribution in [-0.2, 0) is 14.3 Å². The number of hydrogen-bond donors (Lipinski definition) is 1. The first-order chi connectivity index (χ1) is 11.7. The van der Waals surface area contributed by atoms with E-state index in [1.54, 1.807) is 18.3 Å². The molecule has 0 bridgehead atoms. The van der Waals surface area contributed by atoms with Crippen molar-refractivity contribution in [2.75, 3.05) is 6.61 Å². The third kappa shape index (κ3) is 3.17. The van der Waals surface area contributed by atoms with Crippen LogP contribution in [0.15, 0.2) is 34.0 Å². The summed E-state index contributed by atoms with van der Waals surface area (Å²) in [6.07, 6.45) is 1.31. The van der Waals surface area contributed by atoms with Gasteiger partial charge in [-0.25, -0.2) is 4.79 Å². The minimum absolute atomic E-state index is 0.0698. The highest BCUT2D eigenvalue weighted by Crippen LogP contribution is 2.48. The number of ether oxygens (including phenoxy) is 1. The van der Waals surface area contributed by atoms with E-state index in [0.29, 0.717) is 18.6 Å². The molecule has 0 radical (unpaired) electrons. The van der Waals surface area contributed by atoms with Crippen molar-refractivity contribution in [2.24, 2.45) is 5.41 Å². The number of nitrogens with one attached hydrogen (secondary N) is 1. The minimum Gasteiger partial charge on any atom is -0.463 e. The molecule has 0 saturated carbocycles. The molecule has 3 rings (SSSR count). The number of ketones is 1. The average Bonchev–Trinajstić information content (AvgIpc) is 2.90. The highest BCUT2D eigenvalue weighted by Gasteiger charge is 2.43. The number of hydrogen-bond acceptors (Lipinski definition) is 5. The van der Waals surface area contributed by atoms with Crippen molar-refractivity contribution in [1.29, 1.82) is 0 Å². The number of thiophene rings is 1. The maximum atomic E-state index is 13.0. The molecule has 1 unspecified atom stereocenters. The molecule has 0 spiro atoms. The van der Waals surface area contributed by atoms with E-state index in [9.17, 15) is 9.59 Å². The lowest BCUT2D eigenvalue weighted by molar-refractivity contribution is -0.138. The zero-order valence-electron chi connectivity index (χ0n) is 15.5. The maximum Gasteiger partial charge on any atom is 0.336 e. The van der Waals surface area contributed by atoms with Crippen molar-refractivity contribution in [2.45, 2.75) is 53.4 Å². The summed E-state index contributed by atoms with van der Waals surface area (Å²) in [5.74, 6) is -0.528. The van der Waals surface area contributed by atoms with Crippen molar-refractivity contribution in [3.8, 4) is 0 Å². The third-order valence-corrected chi connectivity index (χ3v) is 5.98. The van der Waals surface area contributed by atoms with E-state index < -0.39 is 0 Å². The maximum absolute atomic E-state index is 13.0. The molecule has 134 valence electrons. The molecule has 0 aromatic carbocycles. The minimum atomic E-state index is -0.338. The van der Waals surface area contributed by atoms with Crippen LogP contribution in [0.4, 0.5) is 0 Å². The zero-order valence-corrected chi connectivity index (χ0v) is 16.3. The van der Waals surface area contributed by atoms with Crippen molar-refractivity contribution in [3.63, 3.8) is 0 Å². The van der Waals surface area contributed by atoms with Crippen LogP contribution in [0.1, 0.15) is 56.9 Å². The van der Waals surface area contributed by atoms with Crippen molar-refractivity contribution < 1.29 is 14.3 Å². The van der Waals surface area contributed by atoms with E-state index in [1.165, 1.54) is 0 Å². The number of dihydropyridines is 1. The molecule has 4 nitrogen and oxygen atoms in total. The molecule has 2 heterocycles. The Hall–Kier alpha value is -1.88. The van der Waals surface area contributed by atoms with Gasteiger partial charge in [0.15, 0.2) is 5.78 Å². The van der Waals surface area contributed by atoms with Gasteiger partial charge in [0.05, 0.1) is 18.1 Å². The summed E-state index contributed by atoms with van der Waals surface area (Å²) in [6, 6.07) is 2.04. The van der Waals surface area contributed by atoms with Gasteiger partial charge in [-0.3, -0.25) is 4.79 Å². The molecule has 1 N–H and O–H groups in total. The average molecular weight is 359 g/mol. The first kappa shape index (κ1) is 17.9. The summed E-state index contributed by atoms with van der Waals surface area (Å²) in [5, 5.41) is 5.36. The van der Waals surface area contributed by atoms with Crippen LogP contribution in [0.2, 0.25) is 0 Å². The summed E-state index contributed by atoms with van der Waals surface area (Å²) >= 11 is 1.60. The quantitative estimate of drug-likeness (QED) is 0.821. The molecule has 1 aliphatic carbocycles. The molecule has 0 amide bonds. The summed E-state index contributed by atoms with van der Waals surface area (Å²) in [4.78, 5) is 26.8. The second-order valence-corrected chi connectivity index (χ2v) is 8.57. The second kappa shape index (κ2) is 6.45. The number of carbonyl (C=O) groups excluding carboxylic acids is 2. The smallest absolute Gasteiger partial charge is 0.336 e. The normalized spacial score (nSPS) is 22.6. The Balaban J connectivity index is 2.18. The predicted molar refractivity (Wildman–Crippen MR) is 99.3 cm³/mol. The van der Waals surface area contributed by atoms with Gasteiger partial charge in [0, 0.05) is 28.3 Å². The van der Waals surface area contributed by atoms with Crippen LogP contribution in [0, 0.1) is 12.3 Å². The van der Waals surface area contributed by atoms with Gasteiger partial charge in [-0.2, -0.15) is 0 Å². The molecule has 5 heteroatoms. The standard InChI is InChI=1S/C20H25NO3S/c1-6-24-19(23)15-12(3)21-13-9-20(4,5)10-14(22)16(13)17(15)18-11(2)7-8-25-18/h7-8,17,21H,6,9-10H2,1-5H3. The van der Waals surface area contributed by atoms with E-state index in [2.05, 4.69) is 19.2 Å². The molecule has 2 aliphatic rings. The first-order valence-corrected chi connectivity index (χ1v) is 9.58. The van der Waals surface area contributed by atoms with Crippen molar-refractivity contribution in [1.82, 2.24) is 5.32 Å². The lowest BCUT2D eigenvalue weighted by Crippen LogP contribution is -2.38. The Morgan fingerprint density at radius 1 is 1.36 bits per heavy atom. The molecule has 0 saturated heterocycles. The topological polar surface area (TPSA) is 55.4 Å². The van der Waals surface area contributed by atoms with Crippen LogP contribution in [0.5, 0.6) is 0 Å². The molecular formula is C20H25NO3S. The fraction of sp³-hybridized carbons (Fsp3) is 0.500. The van der Waals surface area contributed by atoms with Crippen LogP contribution in [-0.4, -0.2) is 18.4 Å². The number of aryl methyl sites for hydroxylation is 1. The van der Waals surface area contributed by atoms with Crippen LogP contribution in [0.25, 0.3) is 0 Å². The fourth-order valence-corrected chi connectivity index (χ4v) is 4.90. The number of carbonyl (C=O) groups is 2. The highest BCUT2D eigenvalue weighted by atomic mass is 32.1. The number of allylic oxidation sites excluding steroid dienone is 3. The Labute approximate surface area is 153 Å². The number of Topliss-reactive ketones (excluding diaryl/α,β-unsaturated/α-hetero) is 1. The number of rotatable bonds is 3. The fourth-order valence-electron chi connectivity index (χ4n) is 3.86. The number of esters is 1. The van der Waals surface area contributed by atoms with Crippen molar-refractivity contribution >= 4 is 23.1 Å². The summed E-state index contributed by atoms with van der Waals surface area (Å²) in [7, 11) is 0. The zero-order chi connectivity index (χ0) is 18.4. The Morgan fingerprint density at radius 2 is 2.08 bits per heavy atom. The molecule has 1 aliphatic heterocycles. The largest absolute Gasteiger partial charge is 0.463 e. The highest BCUT2D eigenvalue weighted by molar-refractivity contribution is 7.10. The van der Waals surface area contributed by atoms with Crippen LogP contribution in [0.3, 0.4) is 0 Å². The molecule has 25 heavy (non-hydrogen) atoms. The van der Waals surface area contributed by atoms with E-state index in [0.717, 1.165) is 33.8 Å². The Kier molecular flexibility index (Phi) is 4.62. The predicted octanol–water partition coefficient (Wildman–Crippen LogP) is 4.22. The van der Waals surface area contributed by atoms with Gasteiger partial charge in [-0.1, -0.05) is 13.8 Å². The van der Waals surface area contributed by atoms with E-state index in [4.69, 9.17) is 4.74 Å². The second-order valence-electron chi connectivity index (χ2n) is 7.62. The van der Waals surface area contributed by atoms with Crippen LogP contribution >= 0.6 is 11.3 Å². The lowest BCUT2D eigenvalue weighted by Gasteiger charge is -2.39. The van der Waals surface area contributed by atoms with Crippen molar-refractivity contribution in [3.05, 3.63) is 44.4 Å². The molecular weight excluding hydrogens is 334 g/mol. The molecule has 1 aromatic heterocycles. The SMILES string of the molecule is CCOC(=O)C1=C(C)NC2=C(C(=O)CC(C)(C)C2)C1c1sccc1C. The summed E-state index contributed by atoms with van der Waals surface area (Å²) in [6.45, 7) is 10.3. The summed E-state index contributed by atoms with van der Waals surface area (Å²) < 4.78 is 5.31. The third-order valence-electron chi connectivity index (χ3n) is 4.90. The molecule has 0 fully saturated rings. The Morgan fingerprint density at radius 3 is 2.68 bits per heavy atom. The lowest BCUT2D eigenvalue weighted by atomic mass is 9.69. The van der Waals surface area contributed by atoms with Gasteiger partial charge in [-0.05, 0) is 49.6 Å². The van der Waals surface area contributed by atoms with Crippen LogP contribution < -0.4 is 5.32 Å². The Bertz CT molecular complexity index is 798. The van der Waals surface area contributed by atoms with Gasteiger partial charge in [0.2, 0.25) is 0 Å². The van der Waals surface area contributed by atoms with Gasteiger partial charge in [-0.15, -0.1) is 11.3 Å². The monoisotopic (exact) mass is 359 g/mol.